The Labute approximate surface area is 108 Å². The number of hydrogen-bond acceptors (Lipinski definition) is 3. The Bertz CT molecular complexity index is 532. The SMILES string of the molecule is CCc1cnc(CNc2ccc(C(F)(F)F)cc2)o1. The monoisotopic (exact) mass is 270 g/mol. The molecule has 0 aliphatic carbocycles. The summed E-state index contributed by atoms with van der Waals surface area (Å²) in [6, 6.07) is 4.84. The average molecular weight is 270 g/mol. The number of anilines is 1. The lowest BCUT2D eigenvalue weighted by atomic mass is 10.2. The normalized spacial score (nSPS) is 11.6. The fourth-order valence-electron chi connectivity index (χ4n) is 1.55. The zero-order valence-electron chi connectivity index (χ0n) is 10.3. The van der Waals surface area contributed by atoms with Crippen LogP contribution in [0.2, 0.25) is 0 Å². The van der Waals surface area contributed by atoms with Crippen molar-refractivity contribution in [1.82, 2.24) is 4.98 Å². The largest absolute Gasteiger partial charge is 0.444 e. The molecule has 2 rings (SSSR count). The number of hydrogen-bond donors (Lipinski definition) is 1. The Morgan fingerprint density at radius 3 is 2.42 bits per heavy atom. The molecule has 0 aliphatic rings. The lowest BCUT2D eigenvalue weighted by Crippen LogP contribution is -2.05. The van der Waals surface area contributed by atoms with Crippen LogP contribution in [0.3, 0.4) is 0 Å². The molecule has 0 saturated carbocycles. The molecule has 3 nitrogen and oxygen atoms in total. The predicted molar refractivity (Wildman–Crippen MR) is 64.7 cm³/mol. The van der Waals surface area contributed by atoms with Gasteiger partial charge in [-0.05, 0) is 24.3 Å². The number of alkyl halides is 3. The minimum absolute atomic E-state index is 0.339. The summed E-state index contributed by atoms with van der Waals surface area (Å²) in [5.74, 6) is 1.29. The van der Waals surface area contributed by atoms with Gasteiger partial charge in [-0.25, -0.2) is 4.98 Å². The second kappa shape index (κ2) is 5.34. The van der Waals surface area contributed by atoms with Gasteiger partial charge in [0.2, 0.25) is 5.89 Å². The molecule has 0 radical (unpaired) electrons. The Hall–Kier alpha value is -1.98. The van der Waals surface area contributed by atoms with Crippen molar-refractivity contribution < 1.29 is 17.6 Å². The Balaban J connectivity index is 1.96. The van der Waals surface area contributed by atoms with Crippen LogP contribution in [0.25, 0.3) is 0 Å². The molecule has 1 aromatic heterocycles. The fraction of sp³-hybridized carbons (Fsp3) is 0.308. The van der Waals surface area contributed by atoms with E-state index in [2.05, 4.69) is 10.3 Å². The summed E-state index contributed by atoms with van der Waals surface area (Å²) in [4.78, 5) is 4.05. The molecule has 1 aromatic carbocycles. The van der Waals surface area contributed by atoms with E-state index in [1.165, 1.54) is 12.1 Å². The molecule has 0 amide bonds. The van der Waals surface area contributed by atoms with Crippen LogP contribution < -0.4 is 5.32 Å². The van der Waals surface area contributed by atoms with Crippen LogP contribution in [0, 0.1) is 0 Å². The van der Waals surface area contributed by atoms with Gasteiger partial charge in [0, 0.05) is 12.1 Å². The van der Waals surface area contributed by atoms with Crippen molar-refractivity contribution in [2.45, 2.75) is 26.1 Å². The molecule has 2 aromatic rings. The molecular weight excluding hydrogens is 257 g/mol. The second-order valence-electron chi connectivity index (χ2n) is 4.00. The smallest absolute Gasteiger partial charge is 0.416 e. The summed E-state index contributed by atoms with van der Waals surface area (Å²) >= 11 is 0. The van der Waals surface area contributed by atoms with Crippen molar-refractivity contribution in [3.63, 3.8) is 0 Å². The molecule has 0 unspecified atom stereocenters. The summed E-state index contributed by atoms with van der Waals surface area (Å²) in [6.07, 6.45) is -1.91. The van der Waals surface area contributed by atoms with E-state index in [0.717, 1.165) is 24.3 Å². The standard InChI is InChI=1S/C13H13F3N2O/c1-2-11-7-18-12(19-11)8-17-10-5-3-9(4-6-10)13(14,15)16/h3-7,17H,2,8H2,1H3. The molecule has 0 aliphatic heterocycles. The highest BCUT2D eigenvalue weighted by Gasteiger charge is 2.29. The number of oxazole rings is 1. The summed E-state index contributed by atoms with van der Waals surface area (Å²) in [5.41, 5.74) is -0.0771. The van der Waals surface area contributed by atoms with E-state index in [9.17, 15) is 13.2 Å². The summed E-state index contributed by atoms with van der Waals surface area (Å²) < 4.78 is 42.5. The topological polar surface area (TPSA) is 38.1 Å². The van der Waals surface area contributed by atoms with E-state index in [1.54, 1.807) is 6.20 Å². The second-order valence-corrected chi connectivity index (χ2v) is 4.00. The lowest BCUT2D eigenvalue weighted by molar-refractivity contribution is -0.137. The number of nitrogens with zero attached hydrogens (tertiary/aromatic N) is 1. The highest BCUT2D eigenvalue weighted by atomic mass is 19.4. The van der Waals surface area contributed by atoms with E-state index in [-0.39, 0.29) is 0 Å². The molecule has 0 bridgehead atoms. The first kappa shape index (κ1) is 13.5. The van der Waals surface area contributed by atoms with Gasteiger partial charge >= 0.3 is 6.18 Å². The molecule has 1 heterocycles. The summed E-state index contributed by atoms with van der Waals surface area (Å²) in [7, 11) is 0. The molecular formula is C13H13F3N2O. The third kappa shape index (κ3) is 3.49. The van der Waals surface area contributed by atoms with Gasteiger partial charge in [-0.2, -0.15) is 13.2 Å². The van der Waals surface area contributed by atoms with Gasteiger partial charge in [-0.3, -0.25) is 0 Å². The molecule has 102 valence electrons. The maximum absolute atomic E-state index is 12.4. The minimum Gasteiger partial charge on any atom is -0.444 e. The van der Waals surface area contributed by atoms with E-state index in [0.29, 0.717) is 18.1 Å². The Morgan fingerprint density at radius 2 is 1.89 bits per heavy atom. The van der Waals surface area contributed by atoms with Gasteiger partial charge < -0.3 is 9.73 Å². The van der Waals surface area contributed by atoms with Crippen LogP contribution in [-0.2, 0) is 19.1 Å². The summed E-state index contributed by atoms with van der Waals surface area (Å²) in [6.45, 7) is 2.29. The van der Waals surface area contributed by atoms with Gasteiger partial charge in [0.15, 0.2) is 0 Å². The minimum atomic E-state index is -4.31. The number of halogens is 3. The van der Waals surface area contributed by atoms with Crippen molar-refractivity contribution in [2.75, 3.05) is 5.32 Å². The number of aromatic nitrogens is 1. The van der Waals surface area contributed by atoms with Crippen molar-refractivity contribution in [3.05, 3.63) is 47.7 Å². The van der Waals surface area contributed by atoms with Crippen LogP contribution in [0.4, 0.5) is 18.9 Å². The predicted octanol–water partition coefficient (Wildman–Crippen LogP) is 3.87. The van der Waals surface area contributed by atoms with Crippen LogP contribution in [0.15, 0.2) is 34.9 Å². The zero-order chi connectivity index (χ0) is 13.9. The van der Waals surface area contributed by atoms with Crippen molar-refractivity contribution in [3.8, 4) is 0 Å². The van der Waals surface area contributed by atoms with Gasteiger partial charge in [0.05, 0.1) is 18.3 Å². The molecule has 19 heavy (non-hydrogen) atoms. The van der Waals surface area contributed by atoms with E-state index in [1.807, 2.05) is 6.92 Å². The van der Waals surface area contributed by atoms with E-state index in [4.69, 9.17) is 4.42 Å². The zero-order valence-corrected chi connectivity index (χ0v) is 10.3. The maximum atomic E-state index is 12.4. The fourth-order valence-corrected chi connectivity index (χ4v) is 1.55. The lowest BCUT2D eigenvalue weighted by Gasteiger charge is -2.08. The van der Waals surface area contributed by atoms with Gasteiger partial charge in [-0.15, -0.1) is 0 Å². The van der Waals surface area contributed by atoms with Crippen molar-refractivity contribution in [1.29, 1.82) is 0 Å². The molecule has 6 heteroatoms. The Kier molecular flexibility index (Phi) is 3.78. The molecule has 0 fully saturated rings. The first-order valence-electron chi connectivity index (χ1n) is 5.83. The van der Waals surface area contributed by atoms with Crippen LogP contribution in [0.5, 0.6) is 0 Å². The molecule has 0 atom stereocenters. The third-order valence-corrected chi connectivity index (χ3v) is 2.61. The van der Waals surface area contributed by atoms with Crippen molar-refractivity contribution >= 4 is 5.69 Å². The quantitative estimate of drug-likeness (QED) is 0.916. The summed E-state index contributed by atoms with van der Waals surface area (Å²) in [5, 5.41) is 2.95. The molecule has 1 N–H and O–H groups in total. The van der Waals surface area contributed by atoms with Crippen LogP contribution in [0.1, 0.15) is 24.1 Å². The van der Waals surface area contributed by atoms with Crippen LogP contribution in [-0.4, -0.2) is 4.98 Å². The highest BCUT2D eigenvalue weighted by molar-refractivity contribution is 5.45. The number of aryl methyl sites for hydroxylation is 1. The highest BCUT2D eigenvalue weighted by Crippen LogP contribution is 2.29. The van der Waals surface area contributed by atoms with Gasteiger partial charge in [0.1, 0.15) is 5.76 Å². The first-order chi connectivity index (χ1) is 8.99. The van der Waals surface area contributed by atoms with Gasteiger partial charge in [0.25, 0.3) is 0 Å². The molecule has 0 spiro atoms. The number of benzene rings is 1. The first-order valence-corrected chi connectivity index (χ1v) is 5.83. The number of nitrogens with one attached hydrogen (secondary N) is 1. The van der Waals surface area contributed by atoms with E-state index < -0.39 is 11.7 Å². The Morgan fingerprint density at radius 1 is 1.21 bits per heavy atom. The maximum Gasteiger partial charge on any atom is 0.416 e. The third-order valence-electron chi connectivity index (χ3n) is 2.61. The van der Waals surface area contributed by atoms with Crippen molar-refractivity contribution in [2.24, 2.45) is 0 Å². The van der Waals surface area contributed by atoms with Gasteiger partial charge in [-0.1, -0.05) is 6.92 Å². The van der Waals surface area contributed by atoms with E-state index >= 15 is 0 Å². The molecule has 0 saturated heterocycles. The average Bonchev–Trinajstić information content (AvgIpc) is 2.84. The number of rotatable bonds is 4. The van der Waals surface area contributed by atoms with Crippen LogP contribution >= 0.6 is 0 Å².